The molecule has 0 unspecified atom stereocenters. The number of nitrogens with zero attached hydrogens (tertiary/aromatic N) is 3. The van der Waals surface area contributed by atoms with Crippen molar-refractivity contribution >= 4 is 64.5 Å². The molecule has 6 nitrogen and oxygen atoms in total. The van der Waals surface area contributed by atoms with Gasteiger partial charge in [-0.2, -0.15) is 0 Å². The van der Waals surface area contributed by atoms with Gasteiger partial charge in [0.2, 0.25) is 0 Å². The zero-order chi connectivity index (χ0) is 20.1. The Labute approximate surface area is 201 Å². The molecule has 3 rings (SSSR count). The molecule has 10 heteroatoms. The highest BCUT2D eigenvalue weighted by Crippen LogP contribution is 2.26. The number of methoxy groups -OCH3 is 1. The van der Waals surface area contributed by atoms with Crippen LogP contribution in [-0.4, -0.2) is 29.7 Å². The highest BCUT2D eigenvalue weighted by atomic mass is 127. The van der Waals surface area contributed by atoms with Crippen LogP contribution in [0.5, 0.6) is 5.75 Å². The van der Waals surface area contributed by atoms with Gasteiger partial charge in [0, 0.05) is 30.7 Å². The van der Waals surface area contributed by atoms with Gasteiger partial charge in [0.15, 0.2) is 5.96 Å². The summed E-state index contributed by atoms with van der Waals surface area (Å²) in [7, 11) is 5.26. The Morgan fingerprint density at radius 1 is 1.21 bits per heavy atom. The summed E-state index contributed by atoms with van der Waals surface area (Å²) >= 11 is 13.8. The van der Waals surface area contributed by atoms with Crippen LogP contribution in [-0.2, 0) is 20.1 Å². The van der Waals surface area contributed by atoms with E-state index < -0.39 is 0 Å². The van der Waals surface area contributed by atoms with Gasteiger partial charge in [-0.1, -0.05) is 23.2 Å². The predicted octanol–water partition coefficient (Wildman–Crippen LogP) is 4.95. The van der Waals surface area contributed by atoms with Crippen LogP contribution in [0.15, 0.2) is 40.7 Å². The molecule has 0 aliphatic heterocycles. The van der Waals surface area contributed by atoms with Crippen LogP contribution < -0.4 is 15.4 Å². The molecule has 1 aromatic carbocycles. The number of halogens is 3. The van der Waals surface area contributed by atoms with Gasteiger partial charge in [0.25, 0.3) is 0 Å². The van der Waals surface area contributed by atoms with Gasteiger partial charge in [0.1, 0.15) is 15.9 Å². The second-order valence-corrected chi connectivity index (χ2v) is 7.61. The van der Waals surface area contributed by atoms with E-state index in [1.807, 2.05) is 47.3 Å². The van der Waals surface area contributed by atoms with Gasteiger partial charge < -0.3 is 19.9 Å². The first-order valence-electron chi connectivity index (χ1n) is 8.54. The minimum Gasteiger partial charge on any atom is -0.497 e. The van der Waals surface area contributed by atoms with Crippen molar-refractivity contribution in [2.45, 2.75) is 13.1 Å². The molecule has 0 saturated carbocycles. The molecule has 156 valence electrons. The Morgan fingerprint density at radius 3 is 2.48 bits per heavy atom. The molecule has 29 heavy (non-hydrogen) atoms. The molecule has 0 saturated heterocycles. The van der Waals surface area contributed by atoms with Crippen LogP contribution in [0.4, 0.5) is 0 Å². The summed E-state index contributed by atoms with van der Waals surface area (Å²) < 4.78 is 7.03. The first kappa shape index (κ1) is 23.8. The van der Waals surface area contributed by atoms with Crippen LogP contribution in [0.1, 0.15) is 11.4 Å². The maximum absolute atomic E-state index is 6.10. The molecule has 0 aliphatic carbocycles. The zero-order valence-electron chi connectivity index (χ0n) is 16.2. The van der Waals surface area contributed by atoms with E-state index in [9.17, 15) is 0 Å². The predicted molar refractivity (Wildman–Crippen MR) is 132 cm³/mol. The number of aliphatic imine (C=N–C) groups is 1. The van der Waals surface area contributed by atoms with E-state index >= 15 is 0 Å². The average molecular weight is 566 g/mol. The number of hydrogen-bond acceptors (Lipinski definition) is 4. The second-order valence-electron chi connectivity index (χ2n) is 5.99. The highest BCUT2D eigenvalue weighted by molar-refractivity contribution is 14.0. The molecule has 0 aliphatic rings. The van der Waals surface area contributed by atoms with Crippen molar-refractivity contribution < 1.29 is 4.74 Å². The number of guanidine groups is 1. The number of nitrogens with one attached hydrogen (secondary N) is 2. The van der Waals surface area contributed by atoms with Crippen LogP contribution >= 0.6 is 58.5 Å². The summed E-state index contributed by atoms with van der Waals surface area (Å²) in [4.78, 5) is 8.93. The SMILES string of the molecule is CN=C(NCc1csc(-c2ccc(OC)cc2)n1)NCc1cc(Cl)c(Cl)n1C.I. The molecule has 2 N–H and O–H groups in total. The Kier molecular flexibility index (Phi) is 9.06. The quantitative estimate of drug-likeness (QED) is 0.252. The number of thiazole rings is 1. The third-order valence-electron chi connectivity index (χ3n) is 4.20. The van der Waals surface area contributed by atoms with Crippen molar-refractivity contribution in [2.75, 3.05) is 14.2 Å². The Balaban J connectivity index is 0.00000300. The molecular weight excluding hydrogens is 544 g/mol. The van der Waals surface area contributed by atoms with Crippen molar-refractivity contribution in [1.29, 1.82) is 0 Å². The van der Waals surface area contributed by atoms with Crippen LogP contribution in [0, 0.1) is 0 Å². The van der Waals surface area contributed by atoms with E-state index in [-0.39, 0.29) is 24.0 Å². The van der Waals surface area contributed by atoms with Gasteiger partial charge in [-0.3, -0.25) is 4.99 Å². The Bertz CT molecular complexity index is 972. The lowest BCUT2D eigenvalue weighted by molar-refractivity contribution is 0.415. The fourth-order valence-corrected chi connectivity index (χ4v) is 3.82. The van der Waals surface area contributed by atoms with Gasteiger partial charge >= 0.3 is 0 Å². The molecule has 0 atom stereocenters. The van der Waals surface area contributed by atoms with Crippen LogP contribution in [0.25, 0.3) is 10.6 Å². The molecule has 3 aromatic rings. The molecule has 2 heterocycles. The lowest BCUT2D eigenvalue weighted by Crippen LogP contribution is -2.36. The number of ether oxygens (including phenoxy) is 1. The lowest BCUT2D eigenvalue weighted by Gasteiger charge is -2.11. The van der Waals surface area contributed by atoms with Crippen molar-refractivity contribution in [1.82, 2.24) is 20.2 Å². The average Bonchev–Trinajstić information content (AvgIpc) is 3.29. The molecule has 0 amide bonds. The fraction of sp³-hybridized carbons (Fsp3) is 0.263. The minimum absolute atomic E-state index is 0. The first-order valence-corrected chi connectivity index (χ1v) is 10.2. The standard InChI is InChI=1S/C19H21Cl2N5OS.HI/c1-22-19(24-10-14-8-16(20)17(21)26(14)2)23-9-13-11-28-18(25-13)12-4-6-15(27-3)7-5-12;/h4-8,11H,9-10H2,1-3H3,(H2,22,23,24);1H. The highest BCUT2D eigenvalue weighted by Gasteiger charge is 2.10. The maximum atomic E-state index is 6.10. The normalized spacial score (nSPS) is 11.1. The smallest absolute Gasteiger partial charge is 0.191 e. The zero-order valence-corrected chi connectivity index (χ0v) is 20.9. The maximum Gasteiger partial charge on any atom is 0.191 e. The third-order valence-corrected chi connectivity index (χ3v) is 5.98. The molecule has 2 aromatic heterocycles. The van der Waals surface area contributed by atoms with Crippen molar-refractivity contribution in [2.24, 2.45) is 12.0 Å². The van der Waals surface area contributed by atoms with Gasteiger partial charge in [-0.25, -0.2) is 4.98 Å². The van der Waals surface area contributed by atoms with E-state index in [0.29, 0.717) is 29.2 Å². The monoisotopic (exact) mass is 565 g/mol. The largest absolute Gasteiger partial charge is 0.497 e. The molecule has 0 bridgehead atoms. The van der Waals surface area contributed by atoms with Crippen LogP contribution in [0.2, 0.25) is 10.2 Å². The first-order chi connectivity index (χ1) is 13.5. The molecule has 0 fully saturated rings. The summed E-state index contributed by atoms with van der Waals surface area (Å²) in [6.07, 6.45) is 0. The second kappa shape index (κ2) is 11.1. The Hall–Kier alpha value is -1.49. The summed E-state index contributed by atoms with van der Waals surface area (Å²) in [6, 6.07) is 9.72. The van der Waals surface area contributed by atoms with Crippen molar-refractivity contribution in [3.63, 3.8) is 0 Å². The van der Waals surface area contributed by atoms with Gasteiger partial charge in [0.05, 0.1) is 30.9 Å². The van der Waals surface area contributed by atoms with Gasteiger partial charge in [-0.05, 0) is 30.3 Å². The van der Waals surface area contributed by atoms with E-state index in [2.05, 4.69) is 20.6 Å². The fourth-order valence-electron chi connectivity index (χ4n) is 2.58. The number of rotatable bonds is 6. The van der Waals surface area contributed by atoms with Crippen molar-refractivity contribution in [3.8, 4) is 16.3 Å². The summed E-state index contributed by atoms with van der Waals surface area (Å²) in [5, 5.41) is 10.6. The van der Waals surface area contributed by atoms with E-state index in [0.717, 1.165) is 27.7 Å². The lowest BCUT2D eigenvalue weighted by atomic mass is 10.2. The van der Waals surface area contributed by atoms with Gasteiger partial charge in [-0.15, -0.1) is 35.3 Å². The molecule has 0 spiro atoms. The van der Waals surface area contributed by atoms with E-state index in [1.54, 1.807) is 25.5 Å². The topological polar surface area (TPSA) is 63.5 Å². The molecular formula is C19H22Cl2IN5OS. The number of aromatic nitrogens is 2. The van der Waals surface area contributed by atoms with Crippen LogP contribution in [0.3, 0.4) is 0 Å². The van der Waals surface area contributed by atoms with E-state index in [4.69, 9.17) is 27.9 Å². The number of benzene rings is 1. The Morgan fingerprint density at radius 2 is 1.90 bits per heavy atom. The molecule has 0 radical (unpaired) electrons. The minimum atomic E-state index is 0. The summed E-state index contributed by atoms with van der Waals surface area (Å²) in [6.45, 7) is 1.12. The van der Waals surface area contributed by atoms with E-state index in [1.165, 1.54) is 0 Å². The third kappa shape index (κ3) is 6.00. The van der Waals surface area contributed by atoms with Crippen molar-refractivity contribution in [3.05, 3.63) is 57.3 Å². The number of hydrogen-bond donors (Lipinski definition) is 2. The summed E-state index contributed by atoms with van der Waals surface area (Å²) in [5.74, 6) is 1.50. The summed E-state index contributed by atoms with van der Waals surface area (Å²) in [5.41, 5.74) is 2.98.